The van der Waals surface area contributed by atoms with Crippen molar-refractivity contribution >= 4 is 17.5 Å². The van der Waals surface area contributed by atoms with Gasteiger partial charge in [-0.1, -0.05) is 12.1 Å². The minimum Gasteiger partial charge on any atom is -0.370 e. The van der Waals surface area contributed by atoms with Crippen molar-refractivity contribution in [2.45, 2.75) is 19.3 Å². The molecule has 0 atom stereocenters. The fourth-order valence-electron chi connectivity index (χ4n) is 2.37. The standard InChI is InChI=1S/C19H18FN3O2/c20-16-6-8-17(9-7-16)23(12-11-18(22)24)19(25)10-5-14-1-3-15(13-21)4-2-14/h1-4,6-9H,5,10-12H2,(H2,22,24). The summed E-state index contributed by atoms with van der Waals surface area (Å²) in [5, 5.41) is 8.79. The van der Waals surface area contributed by atoms with E-state index >= 15 is 0 Å². The maximum absolute atomic E-state index is 13.1. The molecule has 0 unspecified atom stereocenters. The Hall–Kier alpha value is -3.20. The summed E-state index contributed by atoms with van der Waals surface area (Å²) in [5.41, 5.74) is 7.18. The number of amides is 2. The van der Waals surface area contributed by atoms with Crippen LogP contribution in [0.15, 0.2) is 48.5 Å². The molecule has 0 heterocycles. The third kappa shape index (κ3) is 5.43. The summed E-state index contributed by atoms with van der Waals surface area (Å²) in [6.45, 7) is 0.146. The van der Waals surface area contributed by atoms with E-state index in [1.54, 1.807) is 24.3 Å². The first-order valence-electron chi connectivity index (χ1n) is 7.83. The van der Waals surface area contributed by atoms with Gasteiger partial charge in [0.05, 0.1) is 11.6 Å². The number of nitrogens with zero attached hydrogens (tertiary/aromatic N) is 2. The minimum absolute atomic E-state index is 0.0278. The summed E-state index contributed by atoms with van der Waals surface area (Å²) in [4.78, 5) is 25.1. The van der Waals surface area contributed by atoms with Crippen LogP contribution in [-0.2, 0) is 16.0 Å². The number of anilines is 1. The van der Waals surface area contributed by atoms with Gasteiger partial charge in [-0.25, -0.2) is 4.39 Å². The Bertz CT molecular complexity index is 780. The van der Waals surface area contributed by atoms with Crippen molar-refractivity contribution in [1.29, 1.82) is 5.26 Å². The van der Waals surface area contributed by atoms with E-state index in [-0.39, 0.29) is 25.3 Å². The third-order valence-corrected chi connectivity index (χ3v) is 3.73. The summed E-state index contributed by atoms with van der Waals surface area (Å²) < 4.78 is 13.1. The van der Waals surface area contributed by atoms with Gasteiger partial charge in [0.15, 0.2) is 0 Å². The molecule has 0 radical (unpaired) electrons. The lowest BCUT2D eigenvalue weighted by Crippen LogP contribution is -2.34. The van der Waals surface area contributed by atoms with Crippen LogP contribution in [0.1, 0.15) is 24.0 Å². The van der Waals surface area contributed by atoms with Crippen molar-refractivity contribution < 1.29 is 14.0 Å². The average Bonchev–Trinajstić information content (AvgIpc) is 2.61. The molecule has 0 aliphatic carbocycles. The van der Waals surface area contributed by atoms with Crippen LogP contribution >= 0.6 is 0 Å². The average molecular weight is 339 g/mol. The second-order valence-electron chi connectivity index (χ2n) is 5.55. The Morgan fingerprint density at radius 3 is 2.24 bits per heavy atom. The highest BCUT2D eigenvalue weighted by Crippen LogP contribution is 2.17. The largest absolute Gasteiger partial charge is 0.370 e. The van der Waals surface area contributed by atoms with Crippen molar-refractivity contribution in [2.24, 2.45) is 5.73 Å². The van der Waals surface area contributed by atoms with Crippen LogP contribution in [0.3, 0.4) is 0 Å². The topological polar surface area (TPSA) is 87.2 Å². The van der Waals surface area contributed by atoms with E-state index in [2.05, 4.69) is 0 Å². The second kappa shape index (κ2) is 8.60. The van der Waals surface area contributed by atoms with Crippen molar-refractivity contribution in [3.63, 3.8) is 0 Å². The van der Waals surface area contributed by atoms with Gasteiger partial charge in [0.1, 0.15) is 5.82 Å². The molecule has 0 saturated heterocycles. The monoisotopic (exact) mass is 339 g/mol. The first kappa shape index (κ1) is 18.1. The normalized spacial score (nSPS) is 10.1. The lowest BCUT2D eigenvalue weighted by Gasteiger charge is -2.22. The van der Waals surface area contributed by atoms with Gasteiger partial charge in [0.2, 0.25) is 11.8 Å². The van der Waals surface area contributed by atoms with Crippen LogP contribution in [0.2, 0.25) is 0 Å². The number of carbonyl (C=O) groups excluding carboxylic acids is 2. The first-order valence-corrected chi connectivity index (χ1v) is 7.83. The van der Waals surface area contributed by atoms with E-state index in [9.17, 15) is 14.0 Å². The van der Waals surface area contributed by atoms with E-state index in [0.29, 0.717) is 17.7 Å². The van der Waals surface area contributed by atoms with Gasteiger partial charge >= 0.3 is 0 Å². The molecule has 0 aliphatic heterocycles. The number of rotatable bonds is 7. The van der Waals surface area contributed by atoms with Gasteiger partial charge in [-0.05, 0) is 48.4 Å². The molecule has 0 saturated carbocycles. The number of aryl methyl sites for hydroxylation is 1. The van der Waals surface area contributed by atoms with Crippen LogP contribution < -0.4 is 10.6 Å². The smallest absolute Gasteiger partial charge is 0.227 e. The van der Waals surface area contributed by atoms with E-state index in [0.717, 1.165) is 5.56 Å². The van der Waals surface area contributed by atoms with Crippen LogP contribution in [-0.4, -0.2) is 18.4 Å². The van der Waals surface area contributed by atoms with Crippen molar-refractivity contribution in [3.8, 4) is 6.07 Å². The molecule has 0 aromatic heterocycles. The quantitative estimate of drug-likeness (QED) is 0.841. The Kier molecular flexibility index (Phi) is 6.24. The molecular weight excluding hydrogens is 321 g/mol. The fourth-order valence-corrected chi connectivity index (χ4v) is 2.37. The van der Waals surface area contributed by atoms with Crippen LogP contribution in [0, 0.1) is 17.1 Å². The molecule has 6 heteroatoms. The van der Waals surface area contributed by atoms with Gasteiger partial charge in [0.25, 0.3) is 0 Å². The molecule has 2 amide bonds. The number of nitrogens with two attached hydrogens (primary N) is 1. The predicted molar refractivity (Wildman–Crippen MR) is 92.0 cm³/mol. The lowest BCUT2D eigenvalue weighted by molar-refractivity contribution is -0.119. The van der Waals surface area contributed by atoms with Crippen LogP contribution in [0.4, 0.5) is 10.1 Å². The zero-order valence-electron chi connectivity index (χ0n) is 13.6. The second-order valence-corrected chi connectivity index (χ2v) is 5.55. The van der Waals surface area contributed by atoms with Gasteiger partial charge in [-0.3, -0.25) is 9.59 Å². The molecular formula is C19H18FN3O2. The maximum Gasteiger partial charge on any atom is 0.227 e. The number of primary amides is 1. The summed E-state index contributed by atoms with van der Waals surface area (Å²) in [6, 6.07) is 14.6. The van der Waals surface area contributed by atoms with Gasteiger partial charge < -0.3 is 10.6 Å². The number of hydrogen-bond donors (Lipinski definition) is 1. The Morgan fingerprint density at radius 2 is 1.68 bits per heavy atom. The molecule has 2 aromatic rings. The van der Waals surface area contributed by atoms with Crippen molar-refractivity contribution in [3.05, 3.63) is 65.5 Å². The fraction of sp³-hybridized carbons (Fsp3) is 0.211. The molecule has 25 heavy (non-hydrogen) atoms. The zero-order chi connectivity index (χ0) is 18.2. The summed E-state index contributed by atoms with van der Waals surface area (Å²) in [5.74, 6) is -1.09. The Morgan fingerprint density at radius 1 is 1.04 bits per heavy atom. The molecule has 128 valence electrons. The molecule has 0 bridgehead atoms. The van der Waals surface area contributed by atoms with E-state index in [4.69, 9.17) is 11.0 Å². The van der Waals surface area contributed by atoms with Gasteiger partial charge in [-0.15, -0.1) is 0 Å². The SMILES string of the molecule is N#Cc1ccc(CCC(=O)N(CCC(N)=O)c2ccc(F)cc2)cc1. The molecule has 0 spiro atoms. The molecule has 0 aliphatic rings. The van der Waals surface area contributed by atoms with E-state index in [1.165, 1.54) is 29.2 Å². The summed E-state index contributed by atoms with van der Waals surface area (Å²) >= 11 is 0. The molecule has 5 nitrogen and oxygen atoms in total. The van der Waals surface area contributed by atoms with Crippen molar-refractivity contribution in [2.75, 3.05) is 11.4 Å². The molecule has 2 rings (SSSR count). The Balaban J connectivity index is 2.06. The minimum atomic E-state index is -0.507. The maximum atomic E-state index is 13.1. The summed E-state index contributed by atoms with van der Waals surface area (Å²) in [7, 11) is 0. The predicted octanol–water partition coefficient (Wildman–Crippen LogP) is 2.54. The molecule has 2 aromatic carbocycles. The van der Waals surface area contributed by atoms with Gasteiger partial charge in [0, 0.05) is 25.1 Å². The number of halogens is 1. The molecule has 2 N–H and O–H groups in total. The highest BCUT2D eigenvalue weighted by atomic mass is 19.1. The molecule has 0 fully saturated rings. The van der Waals surface area contributed by atoms with Crippen LogP contribution in [0.5, 0.6) is 0 Å². The summed E-state index contributed by atoms with van der Waals surface area (Å²) in [6.07, 6.45) is 0.751. The zero-order valence-corrected chi connectivity index (χ0v) is 13.6. The number of benzene rings is 2. The number of hydrogen-bond acceptors (Lipinski definition) is 3. The highest BCUT2D eigenvalue weighted by molar-refractivity contribution is 5.94. The van der Waals surface area contributed by atoms with E-state index < -0.39 is 11.7 Å². The highest BCUT2D eigenvalue weighted by Gasteiger charge is 2.16. The van der Waals surface area contributed by atoms with Crippen molar-refractivity contribution in [1.82, 2.24) is 0 Å². The lowest BCUT2D eigenvalue weighted by atomic mass is 10.1. The van der Waals surface area contributed by atoms with Gasteiger partial charge in [-0.2, -0.15) is 5.26 Å². The third-order valence-electron chi connectivity index (χ3n) is 3.73. The Labute approximate surface area is 145 Å². The van der Waals surface area contributed by atoms with Crippen LogP contribution in [0.25, 0.3) is 0 Å². The van der Waals surface area contributed by atoms with E-state index in [1.807, 2.05) is 6.07 Å². The number of nitriles is 1. The number of carbonyl (C=O) groups is 2. The first-order chi connectivity index (χ1) is 12.0.